The van der Waals surface area contributed by atoms with Crippen LogP contribution in [0.4, 0.5) is 4.79 Å². The van der Waals surface area contributed by atoms with Gasteiger partial charge in [-0.1, -0.05) is 0 Å². The molecule has 1 fully saturated rings. The lowest BCUT2D eigenvalue weighted by molar-refractivity contribution is -0.131. The lowest BCUT2D eigenvalue weighted by Gasteiger charge is -2.19. The second kappa shape index (κ2) is 6.69. The molecular weight excluding hydrogens is 322 g/mol. The van der Waals surface area contributed by atoms with Crippen LogP contribution in [0.1, 0.15) is 24.7 Å². The zero-order valence-electron chi connectivity index (χ0n) is 13.7. The SMILES string of the molecule is C[C@]1(c2ccco2)NC(=O)N(CCCOc2ccc(C#N)cc2)C1=O. The molecule has 25 heavy (non-hydrogen) atoms. The molecule has 1 aromatic heterocycles. The van der Waals surface area contributed by atoms with Crippen LogP contribution in [-0.4, -0.2) is 30.0 Å². The first kappa shape index (κ1) is 16.6. The Morgan fingerprint density at radius 2 is 2.04 bits per heavy atom. The smallest absolute Gasteiger partial charge is 0.325 e. The summed E-state index contributed by atoms with van der Waals surface area (Å²) in [5.41, 5.74) is -0.613. The Hall–Kier alpha value is -3.27. The van der Waals surface area contributed by atoms with E-state index in [9.17, 15) is 9.59 Å². The molecule has 7 heteroatoms. The molecule has 0 bridgehead atoms. The summed E-state index contributed by atoms with van der Waals surface area (Å²) in [5.74, 6) is 0.699. The molecule has 3 rings (SSSR count). The third-order valence-electron chi connectivity index (χ3n) is 4.07. The van der Waals surface area contributed by atoms with E-state index >= 15 is 0 Å². The quantitative estimate of drug-likeness (QED) is 0.644. The lowest BCUT2D eigenvalue weighted by Crippen LogP contribution is -2.40. The van der Waals surface area contributed by atoms with Gasteiger partial charge in [0.1, 0.15) is 11.5 Å². The molecule has 3 amide bonds. The van der Waals surface area contributed by atoms with Crippen LogP contribution in [0.2, 0.25) is 0 Å². The standard InChI is InChI=1S/C18H17N3O4/c1-18(15-4-2-10-25-15)16(22)21(17(23)20-18)9-3-11-24-14-7-5-13(12-19)6-8-14/h2,4-8,10H,3,9,11H2,1H3,(H,20,23)/t18-/m1/s1. The van der Waals surface area contributed by atoms with Gasteiger partial charge in [0.15, 0.2) is 5.54 Å². The van der Waals surface area contributed by atoms with E-state index in [1.165, 1.54) is 11.2 Å². The average molecular weight is 339 g/mol. The summed E-state index contributed by atoms with van der Waals surface area (Å²) in [5, 5.41) is 11.4. The summed E-state index contributed by atoms with van der Waals surface area (Å²) in [6.07, 6.45) is 1.96. The van der Waals surface area contributed by atoms with Crippen molar-refractivity contribution in [2.75, 3.05) is 13.2 Å². The Bertz CT molecular complexity index is 808. The number of hydrogen-bond acceptors (Lipinski definition) is 5. The van der Waals surface area contributed by atoms with Crippen molar-refractivity contribution in [3.63, 3.8) is 0 Å². The van der Waals surface area contributed by atoms with Crippen molar-refractivity contribution in [1.29, 1.82) is 5.26 Å². The number of carbonyl (C=O) groups is 2. The van der Waals surface area contributed by atoms with Gasteiger partial charge >= 0.3 is 6.03 Å². The molecule has 0 saturated carbocycles. The van der Waals surface area contributed by atoms with E-state index < -0.39 is 11.6 Å². The molecule has 2 aromatic rings. The Labute approximate surface area is 144 Å². The van der Waals surface area contributed by atoms with Crippen molar-refractivity contribution in [2.24, 2.45) is 0 Å². The molecule has 2 heterocycles. The van der Waals surface area contributed by atoms with Gasteiger partial charge in [0, 0.05) is 6.54 Å². The second-order valence-electron chi connectivity index (χ2n) is 5.83. The Balaban J connectivity index is 1.54. The van der Waals surface area contributed by atoms with Crippen LogP contribution in [-0.2, 0) is 10.3 Å². The minimum absolute atomic E-state index is 0.247. The molecule has 1 saturated heterocycles. The van der Waals surface area contributed by atoms with Gasteiger partial charge in [-0.05, 0) is 49.7 Å². The van der Waals surface area contributed by atoms with Crippen molar-refractivity contribution in [1.82, 2.24) is 10.2 Å². The van der Waals surface area contributed by atoms with Gasteiger partial charge in [-0.25, -0.2) is 4.79 Å². The fraction of sp³-hybridized carbons (Fsp3) is 0.278. The summed E-state index contributed by atoms with van der Waals surface area (Å²) in [4.78, 5) is 25.9. The number of ether oxygens (including phenoxy) is 1. The largest absolute Gasteiger partial charge is 0.494 e. The van der Waals surface area contributed by atoms with Crippen LogP contribution in [0.3, 0.4) is 0 Å². The molecule has 1 aromatic carbocycles. The number of nitriles is 1. The number of urea groups is 1. The molecule has 0 radical (unpaired) electrons. The highest BCUT2D eigenvalue weighted by molar-refractivity contribution is 6.06. The van der Waals surface area contributed by atoms with Gasteiger partial charge in [0.25, 0.3) is 5.91 Å². The normalized spacial score (nSPS) is 19.6. The summed E-state index contributed by atoms with van der Waals surface area (Å²) in [6.45, 7) is 2.22. The highest BCUT2D eigenvalue weighted by Gasteiger charge is 2.50. The first-order valence-corrected chi connectivity index (χ1v) is 7.85. The third kappa shape index (κ3) is 3.19. The number of furan rings is 1. The minimum atomic E-state index is -1.17. The van der Waals surface area contributed by atoms with Gasteiger partial charge in [0.05, 0.1) is 24.5 Å². The van der Waals surface area contributed by atoms with E-state index in [1.807, 2.05) is 6.07 Å². The minimum Gasteiger partial charge on any atom is -0.494 e. The van der Waals surface area contributed by atoms with Crippen molar-refractivity contribution in [3.8, 4) is 11.8 Å². The van der Waals surface area contributed by atoms with Gasteiger partial charge in [0.2, 0.25) is 0 Å². The fourth-order valence-electron chi connectivity index (χ4n) is 2.67. The van der Waals surface area contributed by atoms with Crippen LogP contribution in [0, 0.1) is 11.3 Å². The maximum atomic E-state index is 12.6. The number of imide groups is 1. The summed E-state index contributed by atoms with van der Waals surface area (Å²) >= 11 is 0. The van der Waals surface area contributed by atoms with E-state index in [0.717, 1.165) is 0 Å². The van der Waals surface area contributed by atoms with Crippen LogP contribution < -0.4 is 10.1 Å². The van der Waals surface area contributed by atoms with E-state index in [2.05, 4.69) is 5.32 Å². The first-order valence-electron chi connectivity index (χ1n) is 7.85. The van der Waals surface area contributed by atoms with E-state index in [-0.39, 0.29) is 12.5 Å². The lowest BCUT2D eigenvalue weighted by atomic mass is 9.99. The summed E-state index contributed by atoms with van der Waals surface area (Å²) < 4.78 is 10.8. The second-order valence-corrected chi connectivity index (χ2v) is 5.83. The van der Waals surface area contributed by atoms with Crippen LogP contribution in [0.25, 0.3) is 0 Å². The predicted octanol–water partition coefficient (Wildman–Crippen LogP) is 2.39. The number of nitrogens with one attached hydrogen (secondary N) is 1. The van der Waals surface area contributed by atoms with E-state index in [0.29, 0.717) is 30.1 Å². The number of hydrogen-bond donors (Lipinski definition) is 1. The first-order chi connectivity index (χ1) is 12.0. The molecule has 1 N–H and O–H groups in total. The van der Waals surface area contributed by atoms with Gasteiger partial charge in [-0.2, -0.15) is 5.26 Å². The summed E-state index contributed by atoms with van der Waals surface area (Å²) in [6, 6.07) is 11.7. The highest BCUT2D eigenvalue weighted by Crippen LogP contribution is 2.29. The van der Waals surface area contributed by atoms with Crippen LogP contribution >= 0.6 is 0 Å². The molecule has 128 valence electrons. The van der Waals surface area contributed by atoms with Crippen molar-refractivity contribution >= 4 is 11.9 Å². The van der Waals surface area contributed by atoms with Crippen molar-refractivity contribution in [2.45, 2.75) is 18.9 Å². The Morgan fingerprint density at radius 3 is 2.68 bits per heavy atom. The average Bonchev–Trinajstić information content (AvgIpc) is 3.23. The number of nitrogens with zero attached hydrogens (tertiary/aromatic N) is 2. The predicted molar refractivity (Wildman–Crippen MR) is 87.6 cm³/mol. The molecular formula is C18H17N3O4. The molecule has 1 aliphatic rings. The van der Waals surface area contributed by atoms with E-state index in [4.69, 9.17) is 14.4 Å². The van der Waals surface area contributed by atoms with Crippen molar-refractivity contribution in [3.05, 3.63) is 54.0 Å². The number of carbonyl (C=O) groups excluding carboxylic acids is 2. The molecule has 1 aliphatic heterocycles. The molecule has 1 atom stereocenters. The van der Waals surface area contributed by atoms with Crippen molar-refractivity contribution < 1.29 is 18.7 Å². The van der Waals surface area contributed by atoms with Gasteiger partial charge < -0.3 is 14.5 Å². The maximum Gasteiger partial charge on any atom is 0.325 e. The fourth-order valence-corrected chi connectivity index (χ4v) is 2.67. The van der Waals surface area contributed by atoms with Gasteiger partial charge in [-0.15, -0.1) is 0 Å². The Kier molecular flexibility index (Phi) is 4.44. The molecule has 7 nitrogen and oxygen atoms in total. The summed E-state index contributed by atoms with van der Waals surface area (Å²) in [7, 11) is 0. The molecule has 0 spiro atoms. The van der Waals surface area contributed by atoms with E-state index in [1.54, 1.807) is 43.3 Å². The molecule has 0 aliphatic carbocycles. The molecule has 0 unspecified atom stereocenters. The van der Waals surface area contributed by atoms with Crippen LogP contribution in [0.15, 0.2) is 47.1 Å². The monoisotopic (exact) mass is 339 g/mol. The topological polar surface area (TPSA) is 95.6 Å². The zero-order valence-corrected chi connectivity index (χ0v) is 13.7. The highest BCUT2D eigenvalue weighted by atomic mass is 16.5. The Morgan fingerprint density at radius 1 is 1.28 bits per heavy atom. The van der Waals surface area contributed by atoms with Gasteiger partial charge in [-0.3, -0.25) is 9.69 Å². The number of rotatable bonds is 6. The third-order valence-corrected chi connectivity index (χ3v) is 4.07. The number of benzene rings is 1. The number of amides is 3. The maximum absolute atomic E-state index is 12.6. The van der Waals surface area contributed by atoms with Crippen LogP contribution in [0.5, 0.6) is 5.75 Å². The zero-order chi connectivity index (χ0) is 17.9.